The third-order valence-corrected chi connectivity index (χ3v) is 6.74. The van der Waals surface area contributed by atoms with Crippen molar-refractivity contribution in [2.24, 2.45) is 0 Å². The standard InChI is InChI=1S/C32H40O8/c1-3-9-27-29(16-15-26-28(33)18-21-40-32(26)27)39-19-7-5-4-6-10-23-12-14-25(22-24(23)13-17-30(34)35)38-20-8-11-31(36)37-2/h12-17,22H,3-11,18-21H2,1-2H3,(H,34,35). The zero-order chi connectivity index (χ0) is 28.7. The first-order valence-corrected chi connectivity index (χ1v) is 14.1. The van der Waals surface area contributed by atoms with Crippen LogP contribution in [0, 0.1) is 0 Å². The zero-order valence-corrected chi connectivity index (χ0v) is 23.5. The van der Waals surface area contributed by atoms with E-state index in [1.807, 2.05) is 30.3 Å². The number of ketones is 1. The summed E-state index contributed by atoms with van der Waals surface area (Å²) < 4.78 is 22.3. The second kappa shape index (κ2) is 16.3. The maximum absolute atomic E-state index is 12.2. The van der Waals surface area contributed by atoms with Gasteiger partial charge in [-0.1, -0.05) is 32.3 Å². The Bertz CT molecular complexity index is 1180. The molecule has 8 nitrogen and oxygen atoms in total. The molecule has 0 aromatic heterocycles. The van der Waals surface area contributed by atoms with Crippen molar-refractivity contribution in [2.45, 2.75) is 71.1 Å². The lowest BCUT2D eigenvalue weighted by atomic mass is 9.98. The number of aryl methyl sites for hydroxylation is 1. The monoisotopic (exact) mass is 552 g/mol. The number of carboxylic acid groups (broad SMARTS) is 1. The van der Waals surface area contributed by atoms with Gasteiger partial charge in [0.25, 0.3) is 0 Å². The molecule has 1 aliphatic heterocycles. The van der Waals surface area contributed by atoms with E-state index in [0.29, 0.717) is 49.7 Å². The van der Waals surface area contributed by atoms with E-state index in [1.54, 1.807) is 6.08 Å². The van der Waals surface area contributed by atoms with Gasteiger partial charge in [0.1, 0.15) is 17.2 Å². The third kappa shape index (κ3) is 9.43. The number of benzene rings is 2. The van der Waals surface area contributed by atoms with E-state index in [4.69, 9.17) is 19.3 Å². The van der Waals surface area contributed by atoms with Gasteiger partial charge in [0.2, 0.25) is 0 Å². The van der Waals surface area contributed by atoms with Crippen molar-refractivity contribution in [2.75, 3.05) is 26.9 Å². The number of hydrogen-bond acceptors (Lipinski definition) is 7. The van der Waals surface area contributed by atoms with Gasteiger partial charge in [0.05, 0.1) is 32.5 Å². The van der Waals surface area contributed by atoms with Crippen molar-refractivity contribution in [1.82, 2.24) is 0 Å². The fraction of sp³-hybridized carbons (Fsp3) is 0.469. The number of esters is 1. The van der Waals surface area contributed by atoms with Crippen molar-refractivity contribution >= 4 is 23.8 Å². The van der Waals surface area contributed by atoms with Gasteiger partial charge in [0.15, 0.2) is 5.78 Å². The minimum absolute atomic E-state index is 0.129. The number of unbranched alkanes of at least 4 members (excludes halogenated alkanes) is 3. The number of carboxylic acids is 1. The second-order valence-electron chi connectivity index (χ2n) is 9.76. The number of ether oxygens (including phenoxy) is 4. The number of carbonyl (C=O) groups excluding carboxylic acids is 2. The van der Waals surface area contributed by atoms with Crippen LogP contribution >= 0.6 is 0 Å². The zero-order valence-electron chi connectivity index (χ0n) is 23.5. The molecule has 1 aliphatic rings. The van der Waals surface area contributed by atoms with Crippen molar-refractivity contribution in [1.29, 1.82) is 0 Å². The van der Waals surface area contributed by atoms with Crippen LogP contribution in [0.5, 0.6) is 17.2 Å². The molecule has 0 unspecified atom stereocenters. The van der Waals surface area contributed by atoms with Crippen molar-refractivity contribution in [3.8, 4) is 17.2 Å². The van der Waals surface area contributed by atoms with Crippen LogP contribution in [0.3, 0.4) is 0 Å². The molecule has 0 radical (unpaired) electrons. The Balaban J connectivity index is 1.46. The normalized spacial score (nSPS) is 12.6. The first kappa shape index (κ1) is 30.7. The predicted octanol–water partition coefficient (Wildman–Crippen LogP) is 6.22. The van der Waals surface area contributed by atoms with Crippen LogP contribution < -0.4 is 14.2 Å². The maximum Gasteiger partial charge on any atom is 0.328 e. The van der Waals surface area contributed by atoms with E-state index in [0.717, 1.165) is 73.5 Å². The number of carbonyl (C=O) groups is 3. The highest BCUT2D eigenvalue weighted by atomic mass is 16.5. The number of methoxy groups -OCH3 is 1. The average Bonchev–Trinajstić information content (AvgIpc) is 2.95. The highest BCUT2D eigenvalue weighted by Crippen LogP contribution is 2.36. The fourth-order valence-electron chi connectivity index (χ4n) is 4.67. The molecule has 0 saturated carbocycles. The smallest absolute Gasteiger partial charge is 0.328 e. The lowest BCUT2D eigenvalue weighted by molar-refractivity contribution is -0.140. The van der Waals surface area contributed by atoms with E-state index in [9.17, 15) is 14.4 Å². The molecule has 2 aromatic rings. The Hall–Kier alpha value is -3.81. The summed E-state index contributed by atoms with van der Waals surface area (Å²) in [6, 6.07) is 9.40. The lowest BCUT2D eigenvalue weighted by Crippen LogP contribution is -2.17. The fourth-order valence-corrected chi connectivity index (χ4v) is 4.67. The van der Waals surface area contributed by atoms with Crippen molar-refractivity contribution < 1.29 is 38.4 Å². The molecule has 40 heavy (non-hydrogen) atoms. The Kier molecular flexibility index (Phi) is 12.5. The molecule has 8 heteroatoms. The predicted molar refractivity (Wildman–Crippen MR) is 152 cm³/mol. The molecule has 216 valence electrons. The SMILES string of the molecule is CCCc1c(OCCCCCCc2ccc(OCCCC(=O)OC)cc2C=CC(=O)O)ccc2c1OCCC2=O. The van der Waals surface area contributed by atoms with E-state index >= 15 is 0 Å². The molecule has 0 fully saturated rings. The lowest BCUT2D eigenvalue weighted by Gasteiger charge is -2.22. The summed E-state index contributed by atoms with van der Waals surface area (Å²) in [7, 11) is 1.36. The quantitative estimate of drug-likeness (QED) is 0.140. The number of fused-ring (bicyclic) bond motifs is 1. The Labute approximate surface area is 236 Å². The summed E-state index contributed by atoms with van der Waals surface area (Å²) in [5.74, 6) is 0.982. The summed E-state index contributed by atoms with van der Waals surface area (Å²) in [5.41, 5.74) is 3.53. The Morgan fingerprint density at radius 1 is 1.00 bits per heavy atom. The van der Waals surface area contributed by atoms with Gasteiger partial charge in [0, 0.05) is 24.5 Å². The summed E-state index contributed by atoms with van der Waals surface area (Å²) >= 11 is 0. The molecule has 0 bridgehead atoms. The number of rotatable bonds is 17. The van der Waals surface area contributed by atoms with Gasteiger partial charge < -0.3 is 24.1 Å². The summed E-state index contributed by atoms with van der Waals surface area (Å²) in [4.78, 5) is 34.6. The molecule has 3 rings (SSSR count). The molecule has 0 aliphatic carbocycles. The topological polar surface area (TPSA) is 108 Å². The maximum atomic E-state index is 12.2. The van der Waals surface area contributed by atoms with Crippen molar-refractivity contribution in [3.05, 3.63) is 58.7 Å². The van der Waals surface area contributed by atoms with Crippen LogP contribution in [0.25, 0.3) is 6.08 Å². The van der Waals surface area contributed by atoms with Crippen LogP contribution in [-0.2, 0) is 27.2 Å². The van der Waals surface area contributed by atoms with Crippen LogP contribution in [-0.4, -0.2) is 49.8 Å². The molecule has 1 heterocycles. The van der Waals surface area contributed by atoms with Gasteiger partial charge in [-0.3, -0.25) is 9.59 Å². The summed E-state index contributed by atoms with van der Waals surface area (Å²) in [5, 5.41) is 9.08. The highest BCUT2D eigenvalue weighted by molar-refractivity contribution is 6.00. The molecule has 0 amide bonds. The largest absolute Gasteiger partial charge is 0.494 e. The summed E-state index contributed by atoms with van der Waals surface area (Å²) in [6.07, 6.45) is 10.4. The molecule has 2 aromatic carbocycles. The van der Waals surface area contributed by atoms with Crippen LogP contribution in [0.2, 0.25) is 0 Å². The molecule has 1 N–H and O–H groups in total. The van der Waals surface area contributed by atoms with Crippen molar-refractivity contribution in [3.63, 3.8) is 0 Å². The van der Waals surface area contributed by atoms with Crippen LogP contribution in [0.1, 0.15) is 85.3 Å². The molecule has 0 spiro atoms. The van der Waals surface area contributed by atoms with E-state index in [-0.39, 0.29) is 18.2 Å². The Morgan fingerprint density at radius 3 is 2.58 bits per heavy atom. The number of aliphatic carboxylic acids is 1. The summed E-state index contributed by atoms with van der Waals surface area (Å²) in [6.45, 7) is 3.49. The Morgan fingerprint density at radius 2 is 1.80 bits per heavy atom. The number of Topliss-reactive ketones (excluding diaryl/α,β-unsaturated/α-hetero) is 1. The van der Waals surface area contributed by atoms with E-state index in [2.05, 4.69) is 11.7 Å². The second-order valence-corrected chi connectivity index (χ2v) is 9.76. The number of hydrogen-bond donors (Lipinski definition) is 1. The minimum Gasteiger partial charge on any atom is -0.494 e. The first-order valence-electron chi connectivity index (χ1n) is 14.1. The van der Waals surface area contributed by atoms with Gasteiger partial charge in [-0.2, -0.15) is 0 Å². The van der Waals surface area contributed by atoms with E-state index < -0.39 is 5.97 Å². The van der Waals surface area contributed by atoms with Crippen LogP contribution in [0.15, 0.2) is 36.4 Å². The minimum atomic E-state index is -1.01. The third-order valence-electron chi connectivity index (χ3n) is 6.74. The first-order chi connectivity index (χ1) is 19.4. The van der Waals surface area contributed by atoms with E-state index in [1.165, 1.54) is 7.11 Å². The van der Waals surface area contributed by atoms with Gasteiger partial charge in [-0.25, -0.2) is 4.79 Å². The highest BCUT2D eigenvalue weighted by Gasteiger charge is 2.23. The molecule has 0 atom stereocenters. The van der Waals surface area contributed by atoms with Crippen LogP contribution in [0.4, 0.5) is 0 Å². The van der Waals surface area contributed by atoms with Gasteiger partial charge >= 0.3 is 11.9 Å². The molecule has 0 saturated heterocycles. The van der Waals surface area contributed by atoms with Gasteiger partial charge in [-0.05, 0) is 73.6 Å². The molecular weight excluding hydrogens is 512 g/mol. The van der Waals surface area contributed by atoms with Gasteiger partial charge in [-0.15, -0.1) is 0 Å². The molecular formula is C32H40O8. The average molecular weight is 553 g/mol.